The zero-order valence-electron chi connectivity index (χ0n) is 13.4. The lowest BCUT2D eigenvalue weighted by Crippen LogP contribution is -2.46. The number of H-pyrrole nitrogens is 1. The number of nitrogens with zero attached hydrogens (tertiary/aromatic N) is 4. The molecule has 2 aromatic rings. The number of piperidine rings is 1. The van der Waals surface area contributed by atoms with Gasteiger partial charge in [0.1, 0.15) is 11.3 Å². The molecule has 2 N–H and O–H groups in total. The fourth-order valence-electron chi connectivity index (χ4n) is 3.63. The molecule has 6 nitrogen and oxygen atoms in total. The Bertz CT molecular complexity index is 676. The Morgan fingerprint density at radius 1 is 1.41 bits per heavy atom. The molecule has 1 atom stereocenters. The SMILES string of the molecule is CNc1nc(C2(C)CCCN(CC3CC3)C2)nc2nc[nH]c12. The van der Waals surface area contributed by atoms with Crippen LogP contribution >= 0.6 is 0 Å². The summed E-state index contributed by atoms with van der Waals surface area (Å²) in [7, 11) is 1.90. The largest absolute Gasteiger partial charge is 0.371 e. The molecule has 0 bridgehead atoms. The van der Waals surface area contributed by atoms with Crippen molar-refractivity contribution >= 4 is 17.0 Å². The third kappa shape index (κ3) is 2.45. The van der Waals surface area contributed by atoms with Crippen molar-refractivity contribution in [2.24, 2.45) is 5.92 Å². The van der Waals surface area contributed by atoms with E-state index in [4.69, 9.17) is 9.97 Å². The van der Waals surface area contributed by atoms with E-state index in [9.17, 15) is 0 Å². The average molecular weight is 300 g/mol. The number of likely N-dealkylation sites (tertiary alicyclic amines) is 1. The quantitative estimate of drug-likeness (QED) is 0.905. The summed E-state index contributed by atoms with van der Waals surface area (Å²) >= 11 is 0. The van der Waals surface area contributed by atoms with Gasteiger partial charge in [0.05, 0.1) is 6.33 Å². The van der Waals surface area contributed by atoms with E-state index in [1.54, 1.807) is 6.33 Å². The maximum absolute atomic E-state index is 4.80. The summed E-state index contributed by atoms with van der Waals surface area (Å²) in [5, 5.41) is 3.17. The molecule has 4 rings (SSSR count). The second kappa shape index (κ2) is 5.19. The van der Waals surface area contributed by atoms with E-state index in [1.807, 2.05) is 7.05 Å². The van der Waals surface area contributed by atoms with Crippen LogP contribution in [0.1, 0.15) is 38.4 Å². The maximum Gasteiger partial charge on any atom is 0.183 e. The average Bonchev–Trinajstić information content (AvgIpc) is 3.19. The number of rotatable bonds is 4. The predicted octanol–water partition coefficient (Wildman–Crippen LogP) is 2.16. The number of nitrogens with one attached hydrogen (secondary N) is 2. The van der Waals surface area contributed by atoms with Gasteiger partial charge in [-0.2, -0.15) is 0 Å². The summed E-state index contributed by atoms with van der Waals surface area (Å²) in [5.74, 6) is 2.71. The molecule has 0 aromatic carbocycles. The van der Waals surface area contributed by atoms with Crippen LogP contribution in [0.15, 0.2) is 6.33 Å². The van der Waals surface area contributed by atoms with Crippen LogP contribution in [-0.2, 0) is 5.41 Å². The molecule has 2 aromatic heterocycles. The first-order valence-electron chi connectivity index (χ1n) is 8.30. The molecule has 6 heteroatoms. The van der Waals surface area contributed by atoms with Gasteiger partial charge in [-0.15, -0.1) is 0 Å². The number of aromatic nitrogens is 4. The topological polar surface area (TPSA) is 69.7 Å². The molecule has 0 amide bonds. The smallest absolute Gasteiger partial charge is 0.183 e. The third-order valence-corrected chi connectivity index (χ3v) is 5.05. The molecule has 1 aliphatic carbocycles. The molecule has 0 radical (unpaired) electrons. The van der Waals surface area contributed by atoms with Gasteiger partial charge < -0.3 is 15.2 Å². The van der Waals surface area contributed by atoms with Crippen LogP contribution < -0.4 is 5.32 Å². The number of imidazole rings is 1. The second-order valence-electron chi connectivity index (χ2n) is 7.09. The zero-order valence-corrected chi connectivity index (χ0v) is 13.4. The van der Waals surface area contributed by atoms with Crippen molar-refractivity contribution in [3.8, 4) is 0 Å². The minimum atomic E-state index is 0.0197. The fraction of sp³-hybridized carbons (Fsp3) is 0.688. The van der Waals surface area contributed by atoms with Crippen molar-refractivity contribution in [1.29, 1.82) is 0 Å². The highest BCUT2D eigenvalue weighted by atomic mass is 15.2. The van der Waals surface area contributed by atoms with Gasteiger partial charge in [-0.1, -0.05) is 6.92 Å². The van der Waals surface area contributed by atoms with Crippen LogP contribution in [0.2, 0.25) is 0 Å². The van der Waals surface area contributed by atoms with Crippen molar-refractivity contribution in [3.63, 3.8) is 0 Å². The lowest BCUT2D eigenvalue weighted by Gasteiger charge is -2.39. The van der Waals surface area contributed by atoms with Crippen LogP contribution in [0.3, 0.4) is 0 Å². The second-order valence-corrected chi connectivity index (χ2v) is 7.09. The highest BCUT2D eigenvalue weighted by molar-refractivity contribution is 5.82. The Kier molecular flexibility index (Phi) is 3.29. The third-order valence-electron chi connectivity index (χ3n) is 5.05. The minimum Gasteiger partial charge on any atom is -0.371 e. The first-order valence-corrected chi connectivity index (χ1v) is 8.30. The summed E-state index contributed by atoms with van der Waals surface area (Å²) in [6.45, 7) is 5.83. The molecule has 3 heterocycles. The summed E-state index contributed by atoms with van der Waals surface area (Å²) < 4.78 is 0. The van der Waals surface area contributed by atoms with Crippen LogP contribution in [-0.4, -0.2) is 51.5 Å². The Labute approximate surface area is 130 Å². The van der Waals surface area contributed by atoms with Gasteiger partial charge in [0.2, 0.25) is 0 Å². The van der Waals surface area contributed by atoms with E-state index < -0.39 is 0 Å². The zero-order chi connectivity index (χ0) is 15.2. The molecular formula is C16H24N6. The molecule has 118 valence electrons. The maximum atomic E-state index is 4.80. The van der Waals surface area contributed by atoms with Gasteiger partial charge in [0.15, 0.2) is 11.5 Å². The van der Waals surface area contributed by atoms with Gasteiger partial charge >= 0.3 is 0 Å². The van der Waals surface area contributed by atoms with E-state index in [2.05, 4.69) is 27.1 Å². The monoisotopic (exact) mass is 300 g/mol. The molecule has 2 aliphatic rings. The normalized spacial score (nSPS) is 26.5. The Morgan fingerprint density at radius 2 is 2.27 bits per heavy atom. The minimum absolute atomic E-state index is 0.0197. The summed E-state index contributed by atoms with van der Waals surface area (Å²) in [4.78, 5) is 19.6. The summed E-state index contributed by atoms with van der Waals surface area (Å²) in [6, 6.07) is 0. The van der Waals surface area contributed by atoms with Crippen LogP contribution in [0, 0.1) is 5.92 Å². The van der Waals surface area contributed by atoms with Crippen LogP contribution in [0.5, 0.6) is 0 Å². The van der Waals surface area contributed by atoms with Crippen molar-refractivity contribution < 1.29 is 0 Å². The first-order chi connectivity index (χ1) is 10.7. The number of anilines is 1. The number of aromatic amines is 1. The standard InChI is InChI=1S/C16H24N6/c1-16(6-3-7-22(9-16)8-11-4-5-11)15-20-13(17-2)12-14(21-15)19-10-18-12/h10-11H,3-9H2,1-2H3,(H2,17,18,19,20,21). The Morgan fingerprint density at radius 3 is 3.05 bits per heavy atom. The van der Waals surface area contributed by atoms with E-state index in [0.717, 1.165) is 41.7 Å². The first kappa shape index (κ1) is 13.9. The highest BCUT2D eigenvalue weighted by Crippen LogP contribution is 2.36. The van der Waals surface area contributed by atoms with Crippen molar-refractivity contribution in [2.45, 2.75) is 38.0 Å². The lowest BCUT2D eigenvalue weighted by atomic mass is 9.81. The lowest BCUT2D eigenvalue weighted by molar-refractivity contribution is 0.146. The molecule has 1 saturated heterocycles. The van der Waals surface area contributed by atoms with Crippen LogP contribution in [0.25, 0.3) is 11.2 Å². The van der Waals surface area contributed by atoms with Gasteiger partial charge in [0.25, 0.3) is 0 Å². The van der Waals surface area contributed by atoms with Crippen molar-refractivity contribution in [1.82, 2.24) is 24.8 Å². The Balaban J connectivity index is 1.66. The fourth-order valence-corrected chi connectivity index (χ4v) is 3.63. The highest BCUT2D eigenvalue weighted by Gasteiger charge is 2.37. The van der Waals surface area contributed by atoms with Gasteiger partial charge in [-0.05, 0) is 38.1 Å². The van der Waals surface area contributed by atoms with E-state index in [-0.39, 0.29) is 5.41 Å². The van der Waals surface area contributed by atoms with Gasteiger partial charge in [0, 0.05) is 25.6 Å². The van der Waals surface area contributed by atoms with E-state index in [0.29, 0.717) is 0 Å². The molecule has 1 saturated carbocycles. The molecule has 1 aliphatic heterocycles. The molecular weight excluding hydrogens is 276 g/mol. The van der Waals surface area contributed by atoms with E-state index in [1.165, 1.54) is 32.4 Å². The van der Waals surface area contributed by atoms with E-state index >= 15 is 0 Å². The Hall–Kier alpha value is -1.69. The van der Waals surface area contributed by atoms with Crippen molar-refractivity contribution in [3.05, 3.63) is 12.2 Å². The molecule has 2 fully saturated rings. The molecule has 0 spiro atoms. The van der Waals surface area contributed by atoms with Crippen LogP contribution in [0.4, 0.5) is 5.82 Å². The molecule has 22 heavy (non-hydrogen) atoms. The summed E-state index contributed by atoms with van der Waals surface area (Å²) in [5.41, 5.74) is 1.67. The number of fused-ring (bicyclic) bond motifs is 1. The molecule has 1 unspecified atom stereocenters. The number of hydrogen-bond donors (Lipinski definition) is 2. The summed E-state index contributed by atoms with van der Waals surface area (Å²) in [6.07, 6.45) is 6.87. The van der Waals surface area contributed by atoms with Gasteiger partial charge in [-0.25, -0.2) is 15.0 Å². The van der Waals surface area contributed by atoms with Crippen molar-refractivity contribution in [2.75, 3.05) is 32.0 Å². The predicted molar refractivity (Wildman–Crippen MR) is 87.0 cm³/mol. The van der Waals surface area contributed by atoms with Gasteiger partial charge in [-0.3, -0.25) is 0 Å². The number of hydrogen-bond acceptors (Lipinski definition) is 5.